The zero-order valence-electron chi connectivity index (χ0n) is 7.53. The maximum absolute atomic E-state index is 5.83. The Morgan fingerprint density at radius 1 is 1.77 bits per heavy atom. The second-order valence-electron chi connectivity index (χ2n) is 2.63. The maximum atomic E-state index is 5.83. The zero-order chi connectivity index (χ0) is 9.68. The minimum absolute atomic E-state index is 0.178. The number of nitrogens with zero attached hydrogens (tertiary/aromatic N) is 1. The van der Waals surface area contributed by atoms with Crippen LogP contribution in [0.1, 0.15) is 18.0 Å². The molecule has 3 heteroatoms. The summed E-state index contributed by atoms with van der Waals surface area (Å²) in [4.78, 5) is 3.93. The predicted octanol–water partition coefficient (Wildman–Crippen LogP) is 1.11. The molecule has 68 valence electrons. The Balaban J connectivity index is 2.93. The predicted molar refractivity (Wildman–Crippen MR) is 51.2 cm³/mol. The second kappa shape index (κ2) is 4.48. The molecule has 1 rings (SSSR count). The van der Waals surface area contributed by atoms with Crippen molar-refractivity contribution in [1.82, 2.24) is 4.98 Å². The van der Waals surface area contributed by atoms with Crippen molar-refractivity contribution >= 4 is 0 Å². The molecule has 0 aliphatic rings. The van der Waals surface area contributed by atoms with E-state index in [0.29, 0.717) is 12.2 Å². The van der Waals surface area contributed by atoms with Gasteiger partial charge in [0.2, 0.25) is 0 Å². The number of nitrogens with two attached hydrogens (primary N) is 1. The van der Waals surface area contributed by atoms with Crippen molar-refractivity contribution in [3.63, 3.8) is 0 Å². The van der Waals surface area contributed by atoms with Crippen LogP contribution in [0, 0.1) is 12.3 Å². The van der Waals surface area contributed by atoms with Crippen molar-refractivity contribution in [2.24, 2.45) is 5.73 Å². The van der Waals surface area contributed by atoms with Crippen LogP contribution in [0.25, 0.3) is 0 Å². The van der Waals surface area contributed by atoms with Gasteiger partial charge in [0.25, 0.3) is 0 Å². The van der Waals surface area contributed by atoms with E-state index in [1.54, 1.807) is 19.5 Å². The lowest BCUT2D eigenvalue weighted by Gasteiger charge is -2.12. The SMILES string of the molecule is C#CCC(N)c1ccncc1OC. The minimum atomic E-state index is -0.178. The molecule has 0 spiro atoms. The summed E-state index contributed by atoms with van der Waals surface area (Å²) in [5.74, 6) is 3.20. The van der Waals surface area contributed by atoms with Gasteiger partial charge in [-0.2, -0.15) is 0 Å². The van der Waals surface area contributed by atoms with Crippen molar-refractivity contribution in [2.75, 3.05) is 7.11 Å². The standard InChI is InChI=1S/C10H12N2O/c1-3-4-9(11)8-5-6-12-7-10(8)13-2/h1,5-7,9H,4,11H2,2H3. The number of ether oxygens (including phenoxy) is 1. The van der Waals surface area contributed by atoms with Crippen LogP contribution < -0.4 is 10.5 Å². The minimum Gasteiger partial charge on any atom is -0.495 e. The average molecular weight is 176 g/mol. The molecule has 0 radical (unpaired) electrons. The molecule has 0 aliphatic carbocycles. The van der Waals surface area contributed by atoms with Crippen LogP contribution in [0.3, 0.4) is 0 Å². The molecular weight excluding hydrogens is 164 g/mol. The van der Waals surface area contributed by atoms with E-state index in [2.05, 4.69) is 10.9 Å². The molecular formula is C10H12N2O. The highest BCUT2D eigenvalue weighted by molar-refractivity contribution is 5.33. The molecule has 1 aromatic heterocycles. The molecule has 0 bridgehead atoms. The van der Waals surface area contributed by atoms with E-state index < -0.39 is 0 Å². The van der Waals surface area contributed by atoms with E-state index in [1.807, 2.05) is 6.07 Å². The van der Waals surface area contributed by atoms with Gasteiger partial charge in [-0.05, 0) is 6.07 Å². The highest BCUT2D eigenvalue weighted by Crippen LogP contribution is 2.23. The third kappa shape index (κ3) is 2.20. The molecule has 1 atom stereocenters. The van der Waals surface area contributed by atoms with Crippen LogP contribution >= 0.6 is 0 Å². The fourth-order valence-electron chi connectivity index (χ4n) is 1.10. The highest BCUT2D eigenvalue weighted by Gasteiger charge is 2.09. The van der Waals surface area contributed by atoms with Gasteiger partial charge in [0.1, 0.15) is 5.75 Å². The number of hydrogen-bond donors (Lipinski definition) is 1. The van der Waals surface area contributed by atoms with Crippen LogP contribution in [-0.2, 0) is 0 Å². The van der Waals surface area contributed by atoms with Gasteiger partial charge >= 0.3 is 0 Å². The molecule has 1 heterocycles. The van der Waals surface area contributed by atoms with Crippen LogP contribution in [0.5, 0.6) is 5.75 Å². The first-order valence-electron chi connectivity index (χ1n) is 3.96. The third-order valence-electron chi connectivity index (χ3n) is 1.77. The summed E-state index contributed by atoms with van der Waals surface area (Å²) in [6, 6.07) is 1.64. The fraction of sp³-hybridized carbons (Fsp3) is 0.300. The number of methoxy groups -OCH3 is 1. The summed E-state index contributed by atoms with van der Waals surface area (Å²) in [6.45, 7) is 0. The van der Waals surface area contributed by atoms with Gasteiger partial charge in [0.05, 0.1) is 13.3 Å². The number of rotatable bonds is 3. The van der Waals surface area contributed by atoms with Gasteiger partial charge in [0, 0.05) is 24.2 Å². The molecule has 1 unspecified atom stereocenters. The van der Waals surface area contributed by atoms with Gasteiger partial charge in [-0.15, -0.1) is 12.3 Å². The number of pyridine rings is 1. The summed E-state index contributed by atoms with van der Waals surface area (Å²) in [7, 11) is 1.59. The molecule has 0 fully saturated rings. The quantitative estimate of drug-likeness (QED) is 0.702. The lowest BCUT2D eigenvalue weighted by atomic mass is 10.1. The monoisotopic (exact) mass is 176 g/mol. The van der Waals surface area contributed by atoms with Crippen molar-refractivity contribution < 1.29 is 4.74 Å². The summed E-state index contributed by atoms with van der Waals surface area (Å²) < 4.78 is 5.10. The number of hydrogen-bond acceptors (Lipinski definition) is 3. The van der Waals surface area contributed by atoms with Gasteiger partial charge in [-0.25, -0.2) is 0 Å². The third-order valence-corrected chi connectivity index (χ3v) is 1.77. The van der Waals surface area contributed by atoms with Gasteiger partial charge in [-0.3, -0.25) is 4.98 Å². The highest BCUT2D eigenvalue weighted by atomic mass is 16.5. The Labute approximate surface area is 77.9 Å². The first-order valence-corrected chi connectivity index (χ1v) is 3.96. The molecule has 0 saturated carbocycles. The van der Waals surface area contributed by atoms with Gasteiger partial charge in [0.15, 0.2) is 0 Å². The smallest absolute Gasteiger partial charge is 0.141 e. The molecule has 13 heavy (non-hydrogen) atoms. The van der Waals surface area contributed by atoms with Crippen LogP contribution in [0.2, 0.25) is 0 Å². The largest absolute Gasteiger partial charge is 0.495 e. The van der Waals surface area contributed by atoms with Gasteiger partial charge in [-0.1, -0.05) is 0 Å². The second-order valence-corrected chi connectivity index (χ2v) is 2.63. The first-order chi connectivity index (χ1) is 6.29. The fourth-order valence-corrected chi connectivity index (χ4v) is 1.10. The van der Waals surface area contributed by atoms with E-state index in [4.69, 9.17) is 16.9 Å². The van der Waals surface area contributed by atoms with E-state index in [-0.39, 0.29) is 6.04 Å². The van der Waals surface area contributed by atoms with Crippen molar-refractivity contribution in [1.29, 1.82) is 0 Å². The van der Waals surface area contributed by atoms with Crippen molar-refractivity contribution in [3.8, 4) is 18.1 Å². The normalized spacial score (nSPS) is 11.8. The molecule has 0 saturated heterocycles. The summed E-state index contributed by atoms with van der Waals surface area (Å²) in [5.41, 5.74) is 6.73. The lowest BCUT2D eigenvalue weighted by Crippen LogP contribution is -2.10. The Morgan fingerprint density at radius 3 is 3.15 bits per heavy atom. The Bertz CT molecular complexity index is 317. The van der Waals surface area contributed by atoms with E-state index >= 15 is 0 Å². The molecule has 2 N–H and O–H groups in total. The zero-order valence-corrected chi connectivity index (χ0v) is 7.53. The first kappa shape index (κ1) is 9.56. The molecule has 0 aliphatic heterocycles. The Kier molecular flexibility index (Phi) is 3.30. The van der Waals surface area contributed by atoms with Crippen molar-refractivity contribution in [2.45, 2.75) is 12.5 Å². The molecule has 3 nitrogen and oxygen atoms in total. The lowest BCUT2D eigenvalue weighted by molar-refractivity contribution is 0.404. The Morgan fingerprint density at radius 2 is 2.54 bits per heavy atom. The average Bonchev–Trinajstić information content (AvgIpc) is 2.18. The number of terminal acetylenes is 1. The molecule has 1 aromatic rings. The van der Waals surface area contributed by atoms with Gasteiger partial charge < -0.3 is 10.5 Å². The number of aromatic nitrogens is 1. The summed E-state index contributed by atoms with van der Waals surface area (Å²) in [5, 5.41) is 0. The molecule has 0 aromatic carbocycles. The van der Waals surface area contributed by atoms with E-state index in [9.17, 15) is 0 Å². The van der Waals surface area contributed by atoms with Crippen molar-refractivity contribution in [3.05, 3.63) is 24.0 Å². The maximum Gasteiger partial charge on any atom is 0.141 e. The van der Waals surface area contributed by atoms with Crippen LogP contribution in [0.15, 0.2) is 18.5 Å². The van der Waals surface area contributed by atoms with Crippen LogP contribution in [0.4, 0.5) is 0 Å². The van der Waals surface area contributed by atoms with Crippen LogP contribution in [-0.4, -0.2) is 12.1 Å². The Hall–Kier alpha value is -1.53. The summed E-state index contributed by atoms with van der Waals surface area (Å²) in [6.07, 6.45) is 8.98. The van der Waals surface area contributed by atoms with E-state index in [0.717, 1.165) is 5.56 Å². The molecule has 0 amide bonds. The topological polar surface area (TPSA) is 48.1 Å². The van der Waals surface area contributed by atoms with E-state index in [1.165, 1.54) is 0 Å². The summed E-state index contributed by atoms with van der Waals surface area (Å²) >= 11 is 0.